The van der Waals surface area contributed by atoms with Crippen molar-refractivity contribution in [3.05, 3.63) is 0 Å². The Morgan fingerprint density at radius 1 is 1.57 bits per heavy atom. The van der Waals surface area contributed by atoms with Gasteiger partial charge in [-0.3, -0.25) is 0 Å². The Kier molecular flexibility index (Phi) is 4.81. The van der Waals surface area contributed by atoms with E-state index >= 15 is 0 Å². The van der Waals surface area contributed by atoms with Crippen LogP contribution in [0.5, 0.6) is 0 Å². The highest BCUT2D eigenvalue weighted by atomic mass is 28.3. The molecule has 1 nitrogen and oxygen atoms in total. The minimum absolute atomic E-state index is 0.0640. The molecular weight excluding hydrogens is 120 g/mol. The maximum Gasteiger partial charge on any atom is 0.156 e. The normalized spacial score (nSPS) is 12.0. The fraction of sp³-hybridized carbons (Fsp3) is 1.00. The molecule has 3 heteroatoms. The predicted octanol–water partition coefficient (Wildman–Crippen LogP) is 0.508. The SMILES string of the molecule is CC[SiH2]O[SiH](C)C. The summed E-state index contributed by atoms with van der Waals surface area (Å²) in [4.78, 5) is 0. The molecule has 0 N–H and O–H groups in total. The fourth-order valence-corrected chi connectivity index (χ4v) is 3.18. The molecule has 0 aliphatic carbocycles. The highest BCUT2D eigenvalue weighted by Gasteiger charge is 1.90. The van der Waals surface area contributed by atoms with E-state index in [1.165, 1.54) is 6.04 Å². The van der Waals surface area contributed by atoms with Gasteiger partial charge in [-0.25, -0.2) is 0 Å². The summed E-state index contributed by atoms with van der Waals surface area (Å²) in [5, 5.41) is 0. The maximum absolute atomic E-state index is 5.47. The lowest BCUT2D eigenvalue weighted by Gasteiger charge is -2.01. The second-order valence-corrected chi connectivity index (χ2v) is 6.76. The van der Waals surface area contributed by atoms with Crippen molar-refractivity contribution in [3.63, 3.8) is 0 Å². The smallest absolute Gasteiger partial charge is 0.156 e. The summed E-state index contributed by atoms with van der Waals surface area (Å²) < 4.78 is 5.47. The molecule has 0 amide bonds. The summed E-state index contributed by atoms with van der Waals surface area (Å²) in [5.41, 5.74) is 0. The topological polar surface area (TPSA) is 9.23 Å². The third-order valence-corrected chi connectivity index (χ3v) is 4.67. The summed E-state index contributed by atoms with van der Waals surface area (Å²) in [6, 6.07) is 1.30. The van der Waals surface area contributed by atoms with Crippen LogP contribution in [-0.4, -0.2) is 18.8 Å². The molecule has 0 aromatic rings. The summed E-state index contributed by atoms with van der Waals surface area (Å²) >= 11 is 0. The van der Waals surface area contributed by atoms with Crippen LogP contribution < -0.4 is 0 Å². The molecule has 7 heavy (non-hydrogen) atoms. The van der Waals surface area contributed by atoms with Gasteiger partial charge < -0.3 is 4.12 Å². The van der Waals surface area contributed by atoms with E-state index < -0.39 is 9.04 Å². The second kappa shape index (κ2) is 4.55. The molecule has 0 aromatic carbocycles. The van der Waals surface area contributed by atoms with Gasteiger partial charge in [-0.05, 0) is 19.1 Å². The average Bonchev–Trinajstić information content (AvgIpc) is 1.61. The fourth-order valence-electron chi connectivity index (χ4n) is 0.354. The van der Waals surface area contributed by atoms with Gasteiger partial charge in [0.15, 0.2) is 9.04 Å². The molecule has 0 unspecified atom stereocenters. The predicted molar refractivity (Wildman–Crippen MR) is 39.0 cm³/mol. The molecule has 0 spiro atoms. The number of rotatable bonds is 3. The first-order chi connectivity index (χ1) is 3.27. The highest BCUT2D eigenvalue weighted by molar-refractivity contribution is 6.56. The Labute approximate surface area is 49.7 Å². The summed E-state index contributed by atoms with van der Waals surface area (Å²) in [7, 11) is -0.690. The van der Waals surface area contributed by atoms with Crippen molar-refractivity contribution >= 4 is 18.8 Å². The van der Waals surface area contributed by atoms with Crippen LogP contribution in [0.15, 0.2) is 0 Å². The minimum atomic E-state index is -0.626. The molecule has 0 atom stereocenters. The van der Waals surface area contributed by atoms with Gasteiger partial charge >= 0.3 is 0 Å². The molecule has 0 fully saturated rings. The van der Waals surface area contributed by atoms with Crippen molar-refractivity contribution < 1.29 is 4.12 Å². The van der Waals surface area contributed by atoms with Crippen LogP contribution in [0.4, 0.5) is 0 Å². The van der Waals surface area contributed by atoms with E-state index in [9.17, 15) is 0 Å². The van der Waals surface area contributed by atoms with E-state index in [1.54, 1.807) is 0 Å². The molecule has 0 rings (SSSR count). The van der Waals surface area contributed by atoms with Crippen molar-refractivity contribution in [3.8, 4) is 0 Å². The van der Waals surface area contributed by atoms with E-state index in [1.807, 2.05) is 0 Å². The lowest BCUT2D eigenvalue weighted by molar-refractivity contribution is 0.622. The molecule has 44 valence electrons. The van der Waals surface area contributed by atoms with Crippen LogP contribution >= 0.6 is 0 Å². The van der Waals surface area contributed by atoms with Crippen molar-refractivity contribution in [2.24, 2.45) is 0 Å². The lowest BCUT2D eigenvalue weighted by atomic mass is 11.0. The maximum atomic E-state index is 5.47. The second-order valence-electron chi connectivity index (χ2n) is 1.92. The van der Waals surface area contributed by atoms with Crippen LogP contribution in [0.25, 0.3) is 0 Å². The summed E-state index contributed by atoms with van der Waals surface area (Å²) in [6.45, 7) is 6.65. The van der Waals surface area contributed by atoms with E-state index in [0.717, 1.165) is 0 Å². The molecule has 0 radical (unpaired) electrons. The van der Waals surface area contributed by atoms with Crippen molar-refractivity contribution in [2.45, 2.75) is 26.1 Å². The van der Waals surface area contributed by atoms with Crippen molar-refractivity contribution in [1.82, 2.24) is 0 Å². The Morgan fingerprint density at radius 3 is 2.29 bits per heavy atom. The zero-order chi connectivity index (χ0) is 5.70. The molecule has 0 aliphatic rings. The van der Waals surface area contributed by atoms with Gasteiger partial charge in [0.25, 0.3) is 0 Å². The van der Waals surface area contributed by atoms with Crippen LogP contribution in [-0.2, 0) is 4.12 Å². The lowest BCUT2D eigenvalue weighted by Crippen LogP contribution is -2.09. The minimum Gasteiger partial charge on any atom is -0.463 e. The molecule has 0 heterocycles. The van der Waals surface area contributed by atoms with Gasteiger partial charge in [0.2, 0.25) is 0 Å². The van der Waals surface area contributed by atoms with Gasteiger partial charge in [0.05, 0.1) is 0 Å². The molecule has 0 bridgehead atoms. The van der Waals surface area contributed by atoms with E-state index in [2.05, 4.69) is 20.0 Å². The van der Waals surface area contributed by atoms with Gasteiger partial charge in [-0.15, -0.1) is 0 Å². The monoisotopic (exact) mass is 134 g/mol. The van der Waals surface area contributed by atoms with E-state index in [0.29, 0.717) is 0 Å². The van der Waals surface area contributed by atoms with Crippen LogP contribution in [0.1, 0.15) is 6.92 Å². The molecule has 0 aliphatic heterocycles. The first-order valence-electron chi connectivity index (χ1n) is 2.89. The standard InChI is InChI=1S/C4H14OSi2/c1-4-6-5-7(2)3/h7H,4,6H2,1-3H3. The molecular formula is C4H14OSi2. The van der Waals surface area contributed by atoms with Gasteiger partial charge in [-0.2, -0.15) is 0 Å². The van der Waals surface area contributed by atoms with E-state index in [-0.39, 0.29) is 9.76 Å². The van der Waals surface area contributed by atoms with Crippen molar-refractivity contribution in [2.75, 3.05) is 0 Å². The largest absolute Gasteiger partial charge is 0.463 e. The van der Waals surface area contributed by atoms with E-state index in [4.69, 9.17) is 4.12 Å². The zero-order valence-electron chi connectivity index (χ0n) is 5.40. The number of hydrogen-bond donors (Lipinski definition) is 0. The van der Waals surface area contributed by atoms with Gasteiger partial charge in [0, 0.05) is 0 Å². The third kappa shape index (κ3) is 6.39. The summed E-state index contributed by atoms with van der Waals surface area (Å²) in [6.07, 6.45) is 0. The third-order valence-electron chi connectivity index (χ3n) is 0.655. The van der Waals surface area contributed by atoms with Gasteiger partial charge in [0.1, 0.15) is 9.76 Å². The highest BCUT2D eigenvalue weighted by Crippen LogP contribution is 1.82. The Morgan fingerprint density at radius 2 is 2.14 bits per heavy atom. The molecule has 0 aromatic heterocycles. The van der Waals surface area contributed by atoms with Crippen LogP contribution in [0.3, 0.4) is 0 Å². The Balaban J connectivity index is 2.68. The van der Waals surface area contributed by atoms with Gasteiger partial charge in [-0.1, -0.05) is 6.92 Å². The van der Waals surface area contributed by atoms with Crippen molar-refractivity contribution in [1.29, 1.82) is 0 Å². The Hall–Kier alpha value is 0.394. The first-order valence-corrected chi connectivity index (χ1v) is 7.24. The molecule has 0 saturated heterocycles. The van der Waals surface area contributed by atoms with Crippen LogP contribution in [0, 0.1) is 0 Å². The zero-order valence-corrected chi connectivity index (χ0v) is 7.97. The molecule has 0 saturated carbocycles. The quantitative estimate of drug-likeness (QED) is 0.511. The number of hydrogen-bond acceptors (Lipinski definition) is 1. The summed E-state index contributed by atoms with van der Waals surface area (Å²) in [5.74, 6) is 0. The Bertz CT molecular complexity index is 38.7. The van der Waals surface area contributed by atoms with Crippen LogP contribution in [0.2, 0.25) is 19.1 Å². The average molecular weight is 134 g/mol. The first kappa shape index (κ1) is 7.39.